The van der Waals surface area contributed by atoms with Crippen LogP contribution in [0.4, 0.5) is 0 Å². The fraction of sp³-hybridized carbons (Fsp3) is 0.360. The third-order valence-corrected chi connectivity index (χ3v) is 5.21. The Morgan fingerprint density at radius 3 is 2.33 bits per heavy atom. The zero-order chi connectivity index (χ0) is 21.7. The Morgan fingerprint density at radius 1 is 1.03 bits per heavy atom. The predicted molar refractivity (Wildman–Crippen MR) is 120 cm³/mol. The van der Waals surface area contributed by atoms with E-state index in [1.54, 1.807) is 25.1 Å². The van der Waals surface area contributed by atoms with Gasteiger partial charge in [-0.2, -0.15) is 0 Å². The molecule has 0 amide bonds. The summed E-state index contributed by atoms with van der Waals surface area (Å²) in [6.07, 6.45) is 1.59. The highest BCUT2D eigenvalue weighted by Gasteiger charge is 2.22. The molecule has 0 spiro atoms. The molecular formula is C25H29NO4. The average molecular weight is 408 g/mol. The van der Waals surface area contributed by atoms with E-state index >= 15 is 0 Å². The van der Waals surface area contributed by atoms with Gasteiger partial charge in [-0.15, -0.1) is 0 Å². The number of fused-ring (bicyclic) bond motifs is 1. The van der Waals surface area contributed by atoms with Crippen molar-refractivity contribution >= 4 is 16.9 Å². The minimum absolute atomic E-state index is 0.142. The maximum atomic E-state index is 13.0. The second kappa shape index (κ2) is 9.72. The fourth-order valence-corrected chi connectivity index (χ4v) is 3.68. The van der Waals surface area contributed by atoms with Gasteiger partial charge in [0.15, 0.2) is 17.2 Å². The van der Waals surface area contributed by atoms with Crippen LogP contribution in [0.2, 0.25) is 0 Å². The van der Waals surface area contributed by atoms with Gasteiger partial charge in [0.2, 0.25) is 0 Å². The van der Waals surface area contributed by atoms with Crippen molar-refractivity contribution in [3.05, 3.63) is 69.9 Å². The van der Waals surface area contributed by atoms with Crippen LogP contribution < -0.4 is 5.43 Å². The van der Waals surface area contributed by atoms with Crippen LogP contribution in [0.1, 0.15) is 49.5 Å². The van der Waals surface area contributed by atoms with Crippen LogP contribution in [-0.4, -0.2) is 30.2 Å². The van der Waals surface area contributed by atoms with E-state index in [1.165, 1.54) is 0 Å². The molecule has 0 aliphatic heterocycles. The normalized spacial score (nSPS) is 12.3. The van der Waals surface area contributed by atoms with Crippen LogP contribution in [0.25, 0.3) is 22.3 Å². The number of para-hydroxylation sites is 1. The lowest BCUT2D eigenvalue weighted by molar-refractivity contribution is -0.0234. The molecule has 5 nitrogen and oxygen atoms in total. The quantitative estimate of drug-likeness (QED) is 0.370. The number of carbonyl (C=O) groups is 1. The number of ether oxygens (including phenoxy) is 1. The summed E-state index contributed by atoms with van der Waals surface area (Å²) in [5.41, 5.74) is 1.70. The van der Waals surface area contributed by atoms with Crippen LogP contribution in [0.3, 0.4) is 0 Å². The van der Waals surface area contributed by atoms with Crippen molar-refractivity contribution in [1.82, 2.24) is 4.90 Å². The summed E-state index contributed by atoms with van der Waals surface area (Å²) in [7, 11) is 0. The van der Waals surface area contributed by atoms with E-state index in [4.69, 9.17) is 9.15 Å². The summed E-state index contributed by atoms with van der Waals surface area (Å²) in [6.45, 7) is 9.53. The molecule has 0 bridgehead atoms. The average Bonchev–Trinajstić information content (AvgIpc) is 2.76. The Balaban J connectivity index is 2.03. The molecule has 3 rings (SSSR count). The second-order valence-corrected chi connectivity index (χ2v) is 7.47. The lowest BCUT2D eigenvalue weighted by atomic mass is 10.0. The molecule has 5 heteroatoms. The van der Waals surface area contributed by atoms with Crippen LogP contribution >= 0.6 is 0 Å². The number of benzene rings is 2. The molecule has 0 aliphatic rings. The van der Waals surface area contributed by atoms with E-state index < -0.39 is 5.97 Å². The molecule has 3 aromatic rings. The number of nitrogens with zero attached hydrogens (tertiary/aromatic N) is 1. The van der Waals surface area contributed by atoms with Crippen LogP contribution in [0, 0.1) is 6.92 Å². The Bertz CT molecular complexity index is 1070. The zero-order valence-corrected chi connectivity index (χ0v) is 18.1. The highest BCUT2D eigenvalue weighted by Crippen LogP contribution is 2.27. The molecule has 0 radical (unpaired) electrons. The lowest BCUT2D eigenvalue weighted by Gasteiger charge is -2.27. The maximum absolute atomic E-state index is 13.0. The Morgan fingerprint density at radius 2 is 1.70 bits per heavy atom. The number of hydrogen-bond acceptors (Lipinski definition) is 5. The Kier molecular flexibility index (Phi) is 7.06. The second-order valence-electron chi connectivity index (χ2n) is 7.47. The lowest BCUT2D eigenvalue weighted by Crippen LogP contribution is -2.37. The molecule has 158 valence electrons. The topological polar surface area (TPSA) is 59.8 Å². The molecule has 1 atom stereocenters. The van der Waals surface area contributed by atoms with Gasteiger partial charge in [0.05, 0.1) is 5.39 Å². The van der Waals surface area contributed by atoms with Crippen molar-refractivity contribution in [2.45, 2.75) is 46.8 Å². The molecule has 0 N–H and O–H groups in total. The third kappa shape index (κ3) is 4.46. The zero-order valence-electron chi connectivity index (χ0n) is 18.1. The van der Waals surface area contributed by atoms with Gasteiger partial charge in [-0.3, -0.25) is 9.69 Å². The van der Waals surface area contributed by atoms with Crippen molar-refractivity contribution in [3.8, 4) is 11.3 Å². The van der Waals surface area contributed by atoms with Crippen LogP contribution in [0.5, 0.6) is 0 Å². The molecule has 2 aromatic carbocycles. The fourth-order valence-electron chi connectivity index (χ4n) is 3.68. The van der Waals surface area contributed by atoms with Gasteiger partial charge >= 0.3 is 5.97 Å². The summed E-state index contributed by atoms with van der Waals surface area (Å²) < 4.78 is 11.9. The predicted octanol–water partition coefficient (Wildman–Crippen LogP) is 5.39. The minimum Gasteiger partial charge on any atom is -0.455 e. The van der Waals surface area contributed by atoms with Gasteiger partial charge < -0.3 is 9.15 Å². The molecule has 0 fully saturated rings. The number of rotatable bonds is 8. The van der Waals surface area contributed by atoms with Crippen molar-refractivity contribution in [2.24, 2.45) is 0 Å². The van der Waals surface area contributed by atoms with Crippen molar-refractivity contribution in [3.63, 3.8) is 0 Å². The van der Waals surface area contributed by atoms with Gasteiger partial charge in [-0.05, 0) is 38.8 Å². The molecule has 0 saturated heterocycles. The van der Waals surface area contributed by atoms with Gasteiger partial charge in [0, 0.05) is 24.2 Å². The monoisotopic (exact) mass is 407 g/mol. The Labute approximate surface area is 177 Å². The van der Waals surface area contributed by atoms with E-state index in [2.05, 4.69) is 18.7 Å². The molecule has 0 aliphatic carbocycles. The highest BCUT2D eigenvalue weighted by molar-refractivity contribution is 6.02. The van der Waals surface area contributed by atoms with Crippen LogP contribution in [0.15, 0.2) is 57.7 Å². The van der Waals surface area contributed by atoms with E-state index in [1.807, 2.05) is 37.3 Å². The standard InChI is InChI=1S/C25H29NO4/c1-5-15-26(16-6-2)18(4)29-25(28)21-14-10-13-20-22(27)17(3)23(30-24(20)21)19-11-8-7-9-12-19/h7-14,18H,5-6,15-16H2,1-4H3. The van der Waals surface area contributed by atoms with E-state index in [0.717, 1.165) is 31.5 Å². The molecule has 1 unspecified atom stereocenters. The van der Waals surface area contributed by atoms with Crippen molar-refractivity contribution in [2.75, 3.05) is 13.1 Å². The highest BCUT2D eigenvalue weighted by atomic mass is 16.6. The SMILES string of the molecule is CCCN(CCC)C(C)OC(=O)c1cccc2c(=O)c(C)c(-c3ccccc3)oc12. The Hall–Kier alpha value is -2.92. The van der Waals surface area contributed by atoms with Crippen LogP contribution in [-0.2, 0) is 4.74 Å². The first-order valence-corrected chi connectivity index (χ1v) is 10.5. The van der Waals surface area contributed by atoms with Gasteiger partial charge in [-0.25, -0.2) is 4.79 Å². The minimum atomic E-state index is -0.490. The summed E-state index contributed by atoms with van der Waals surface area (Å²) in [4.78, 5) is 28.1. The summed E-state index contributed by atoms with van der Waals surface area (Å²) in [5, 5.41) is 0.383. The van der Waals surface area contributed by atoms with Gasteiger partial charge in [0.25, 0.3) is 0 Å². The number of hydrogen-bond donors (Lipinski definition) is 0. The number of esters is 1. The summed E-state index contributed by atoms with van der Waals surface area (Å²) in [6, 6.07) is 14.5. The van der Waals surface area contributed by atoms with Crippen molar-refractivity contribution in [1.29, 1.82) is 0 Å². The molecular weight excluding hydrogens is 378 g/mol. The first kappa shape index (κ1) is 21.8. The molecule has 0 saturated carbocycles. The summed E-state index contributed by atoms with van der Waals surface area (Å²) >= 11 is 0. The summed E-state index contributed by atoms with van der Waals surface area (Å²) in [5.74, 6) is -0.0173. The van der Waals surface area contributed by atoms with E-state index in [0.29, 0.717) is 16.7 Å². The van der Waals surface area contributed by atoms with Gasteiger partial charge in [-0.1, -0.05) is 50.2 Å². The largest absolute Gasteiger partial charge is 0.455 e. The molecule has 1 aromatic heterocycles. The number of carbonyl (C=O) groups excluding carboxylic acids is 1. The molecule has 1 heterocycles. The first-order chi connectivity index (χ1) is 14.5. The molecule has 30 heavy (non-hydrogen) atoms. The maximum Gasteiger partial charge on any atom is 0.343 e. The third-order valence-electron chi connectivity index (χ3n) is 5.21. The van der Waals surface area contributed by atoms with E-state index in [-0.39, 0.29) is 22.8 Å². The van der Waals surface area contributed by atoms with E-state index in [9.17, 15) is 9.59 Å². The van der Waals surface area contributed by atoms with Crippen molar-refractivity contribution < 1.29 is 13.9 Å². The van der Waals surface area contributed by atoms with Gasteiger partial charge in [0.1, 0.15) is 11.3 Å². The first-order valence-electron chi connectivity index (χ1n) is 10.5. The smallest absolute Gasteiger partial charge is 0.343 e.